The first-order chi connectivity index (χ1) is 9.86. The Balaban J connectivity index is 1.65. The summed E-state index contributed by atoms with van der Waals surface area (Å²) in [6.45, 7) is 2.18. The third kappa shape index (κ3) is 2.67. The number of rotatable bonds is 2. The fourth-order valence-corrected chi connectivity index (χ4v) is 2.94. The largest absolute Gasteiger partial charge is 0.371 e. The number of benzene rings is 2. The zero-order chi connectivity index (χ0) is 13.8. The van der Waals surface area contributed by atoms with Crippen LogP contribution < -0.4 is 4.90 Å². The van der Waals surface area contributed by atoms with Crippen LogP contribution in [0.4, 0.5) is 5.69 Å². The predicted octanol–water partition coefficient (Wildman–Crippen LogP) is 3.94. The number of hydrogen-bond acceptors (Lipinski definition) is 2. The molecule has 0 bridgehead atoms. The van der Waals surface area contributed by atoms with Crippen LogP contribution in [0, 0.1) is 11.3 Å². The highest BCUT2D eigenvalue weighted by molar-refractivity contribution is 5.50. The van der Waals surface area contributed by atoms with Gasteiger partial charge in [-0.15, -0.1) is 0 Å². The second kappa shape index (κ2) is 5.79. The van der Waals surface area contributed by atoms with E-state index in [1.807, 2.05) is 12.1 Å². The summed E-state index contributed by atoms with van der Waals surface area (Å²) in [6, 6.07) is 20.9. The van der Waals surface area contributed by atoms with Crippen LogP contribution in [-0.2, 0) is 0 Å². The van der Waals surface area contributed by atoms with Crippen molar-refractivity contribution in [2.75, 3.05) is 18.0 Å². The highest BCUT2D eigenvalue weighted by atomic mass is 15.1. The maximum Gasteiger partial charge on any atom is 0.0991 e. The number of anilines is 1. The van der Waals surface area contributed by atoms with Crippen molar-refractivity contribution in [3.63, 3.8) is 0 Å². The summed E-state index contributed by atoms with van der Waals surface area (Å²) in [5.41, 5.74) is 3.43. The number of nitrogens with zero attached hydrogens (tertiary/aromatic N) is 2. The molecule has 0 spiro atoms. The zero-order valence-electron chi connectivity index (χ0n) is 11.5. The summed E-state index contributed by atoms with van der Waals surface area (Å²) in [6.07, 6.45) is 2.40. The summed E-state index contributed by atoms with van der Waals surface area (Å²) >= 11 is 0. The predicted molar refractivity (Wildman–Crippen MR) is 81.8 cm³/mol. The second-order valence-corrected chi connectivity index (χ2v) is 5.33. The van der Waals surface area contributed by atoms with Gasteiger partial charge in [-0.05, 0) is 48.6 Å². The molecule has 1 saturated heterocycles. The van der Waals surface area contributed by atoms with Gasteiger partial charge >= 0.3 is 0 Å². The fraction of sp³-hybridized carbons (Fsp3) is 0.278. The lowest BCUT2D eigenvalue weighted by molar-refractivity contribution is 0.505. The van der Waals surface area contributed by atoms with Crippen LogP contribution in [0.5, 0.6) is 0 Å². The van der Waals surface area contributed by atoms with Gasteiger partial charge in [0.25, 0.3) is 0 Å². The minimum atomic E-state index is 0.686. The molecular weight excluding hydrogens is 244 g/mol. The smallest absolute Gasteiger partial charge is 0.0991 e. The zero-order valence-corrected chi connectivity index (χ0v) is 11.5. The topological polar surface area (TPSA) is 27.0 Å². The minimum Gasteiger partial charge on any atom is -0.371 e. The van der Waals surface area contributed by atoms with E-state index in [1.54, 1.807) is 0 Å². The average molecular weight is 262 g/mol. The van der Waals surface area contributed by atoms with E-state index < -0.39 is 0 Å². The molecule has 0 N–H and O–H groups in total. The molecule has 2 heteroatoms. The van der Waals surface area contributed by atoms with E-state index in [9.17, 15) is 0 Å². The Morgan fingerprint density at radius 1 is 0.900 bits per heavy atom. The van der Waals surface area contributed by atoms with Crippen molar-refractivity contribution < 1.29 is 0 Å². The first kappa shape index (κ1) is 12.7. The molecule has 0 atom stereocenters. The molecule has 100 valence electrons. The molecular formula is C18H18N2. The van der Waals surface area contributed by atoms with E-state index in [0.29, 0.717) is 5.92 Å². The van der Waals surface area contributed by atoms with Gasteiger partial charge in [-0.1, -0.05) is 30.3 Å². The Hall–Kier alpha value is -2.27. The summed E-state index contributed by atoms with van der Waals surface area (Å²) in [7, 11) is 0. The third-order valence-corrected chi connectivity index (χ3v) is 4.13. The van der Waals surface area contributed by atoms with Crippen molar-refractivity contribution >= 4 is 5.69 Å². The van der Waals surface area contributed by atoms with E-state index in [4.69, 9.17) is 5.26 Å². The molecule has 2 aromatic rings. The number of piperidine rings is 1. The van der Waals surface area contributed by atoms with Gasteiger partial charge < -0.3 is 4.90 Å². The maximum atomic E-state index is 8.84. The molecule has 2 aromatic carbocycles. The number of hydrogen-bond donors (Lipinski definition) is 0. The normalized spacial score (nSPS) is 15.8. The van der Waals surface area contributed by atoms with Gasteiger partial charge in [-0.2, -0.15) is 5.26 Å². The molecule has 1 heterocycles. The van der Waals surface area contributed by atoms with Crippen LogP contribution in [0.1, 0.15) is 29.9 Å². The molecule has 2 nitrogen and oxygen atoms in total. The maximum absolute atomic E-state index is 8.84. The summed E-state index contributed by atoms with van der Waals surface area (Å²) in [4.78, 5) is 2.42. The van der Waals surface area contributed by atoms with Gasteiger partial charge in [0.05, 0.1) is 11.6 Å². The number of nitriles is 1. The van der Waals surface area contributed by atoms with Crippen molar-refractivity contribution in [3.8, 4) is 6.07 Å². The summed E-state index contributed by atoms with van der Waals surface area (Å²) in [5.74, 6) is 0.686. The SMILES string of the molecule is N#Cc1ccc(N2CCC(c3ccccc3)CC2)cc1. The molecule has 1 aliphatic rings. The molecule has 0 amide bonds. The molecule has 1 fully saturated rings. The monoisotopic (exact) mass is 262 g/mol. The van der Waals surface area contributed by atoms with E-state index in [-0.39, 0.29) is 0 Å². The average Bonchev–Trinajstić information content (AvgIpc) is 2.56. The molecule has 0 radical (unpaired) electrons. The van der Waals surface area contributed by atoms with E-state index >= 15 is 0 Å². The van der Waals surface area contributed by atoms with Crippen LogP contribution in [0.25, 0.3) is 0 Å². The van der Waals surface area contributed by atoms with E-state index in [1.165, 1.54) is 24.1 Å². The Labute approximate surface area is 120 Å². The van der Waals surface area contributed by atoms with Gasteiger partial charge in [0, 0.05) is 18.8 Å². The van der Waals surface area contributed by atoms with Crippen LogP contribution in [0.2, 0.25) is 0 Å². The van der Waals surface area contributed by atoms with Gasteiger partial charge in [0.1, 0.15) is 0 Å². The Bertz CT molecular complexity index is 588. The summed E-state index contributed by atoms with van der Waals surface area (Å²) < 4.78 is 0. The van der Waals surface area contributed by atoms with Crippen molar-refractivity contribution in [1.29, 1.82) is 5.26 Å². The molecule has 0 aliphatic carbocycles. The van der Waals surface area contributed by atoms with Crippen molar-refractivity contribution in [1.82, 2.24) is 0 Å². The van der Waals surface area contributed by atoms with Gasteiger partial charge in [-0.3, -0.25) is 0 Å². The molecule has 0 saturated carbocycles. The van der Waals surface area contributed by atoms with E-state index in [2.05, 4.69) is 53.4 Å². The molecule has 0 unspecified atom stereocenters. The second-order valence-electron chi connectivity index (χ2n) is 5.33. The standard InChI is InChI=1S/C18H18N2/c19-14-15-6-8-18(9-7-15)20-12-10-17(11-13-20)16-4-2-1-3-5-16/h1-9,17H,10-13H2. The fourth-order valence-electron chi connectivity index (χ4n) is 2.94. The lowest BCUT2D eigenvalue weighted by atomic mass is 9.89. The lowest BCUT2D eigenvalue weighted by Crippen LogP contribution is -2.32. The Kier molecular flexibility index (Phi) is 3.69. The molecule has 3 rings (SSSR count). The van der Waals surface area contributed by atoms with Crippen molar-refractivity contribution in [2.45, 2.75) is 18.8 Å². The summed E-state index contributed by atoms with van der Waals surface area (Å²) in [5, 5.41) is 8.84. The Morgan fingerprint density at radius 2 is 1.55 bits per heavy atom. The lowest BCUT2D eigenvalue weighted by Gasteiger charge is -2.33. The van der Waals surface area contributed by atoms with Gasteiger partial charge in [-0.25, -0.2) is 0 Å². The first-order valence-electron chi connectivity index (χ1n) is 7.17. The van der Waals surface area contributed by atoms with Gasteiger partial charge in [0.2, 0.25) is 0 Å². The minimum absolute atomic E-state index is 0.686. The van der Waals surface area contributed by atoms with Gasteiger partial charge in [0.15, 0.2) is 0 Å². The van der Waals surface area contributed by atoms with E-state index in [0.717, 1.165) is 18.7 Å². The third-order valence-electron chi connectivity index (χ3n) is 4.13. The van der Waals surface area contributed by atoms with Crippen LogP contribution in [0.15, 0.2) is 54.6 Å². The molecule has 1 aliphatic heterocycles. The highest BCUT2D eigenvalue weighted by Crippen LogP contribution is 2.30. The highest BCUT2D eigenvalue weighted by Gasteiger charge is 2.20. The quantitative estimate of drug-likeness (QED) is 0.819. The van der Waals surface area contributed by atoms with Crippen molar-refractivity contribution in [2.24, 2.45) is 0 Å². The van der Waals surface area contributed by atoms with Crippen molar-refractivity contribution in [3.05, 3.63) is 65.7 Å². The van der Waals surface area contributed by atoms with Crippen LogP contribution in [0.3, 0.4) is 0 Å². The van der Waals surface area contributed by atoms with Crippen LogP contribution >= 0.6 is 0 Å². The Morgan fingerprint density at radius 3 is 2.15 bits per heavy atom. The first-order valence-corrected chi connectivity index (χ1v) is 7.17. The molecule has 20 heavy (non-hydrogen) atoms. The van der Waals surface area contributed by atoms with Crippen LogP contribution in [-0.4, -0.2) is 13.1 Å². The molecule has 0 aromatic heterocycles.